The third-order valence-electron chi connectivity index (χ3n) is 1.04. The number of rotatable bonds is 0. The molecule has 0 radical (unpaired) electrons. The van der Waals surface area contributed by atoms with Crippen molar-refractivity contribution in [3.05, 3.63) is 12.3 Å². The van der Waals surface area contributed by atoms with Gasteiger partial charge in [0, 0.05) is 12.8 Å². The van der Waals surface area contributed by atoms with Crippen LogP contribution in [0.2, 0.25) is 0 Å². The van der Waals surface area contributed by atoms with Crippen molar-refractivity contribution < 1.29 is 9.53 Å². The van der Waals surface area contributed by atoms with Gasteiger partial charge in [0.05, 0.1) is 12.9 Å². The highest BCUT2D eigenvalue weighted by Crippen LogP contribution is 1.97. The van der Waals surface area contributed by atoms with Crippen LogP contribution in [0.3, 0.4) is 0 Å². The monoisotopic (exact) mass is 112 g/mol. The van der Waals surface area contributed by atoms with Crippen molar-refractivity contribution in [1.82, 2.24) is 0 Å². The molecule has 0 fully saturated rings. The summed E-state index contributed by atoms with van der Waals surface area (Å²) in [5, 5.41) is 0. The van der Waals surface area contributed by atoms with Gasteiger partial charge in [0.2, 0.25) is 0 Å². The van der Waals surface area contributed by atoms with E-state index in [4.69, 9.17) is 4.74 Å². The molecule has 2 heteroatoms. The third-order valence-corrected chi connectivity index (χ3v) is 1.04. The Kier molecular flexibility index (Phi) is 1.67. The topological polar surface area (TPSA) is 26.3 Å². The van der Waals surface area contributed by atoms with Crippen LogP contribution in [0, 0.1) is 0 Å². The lowest BCUT2D eigenvalue weighted by atomic mass is 10.2. The van der Waals surface area contributed by atoms with Gasteiger partial charge in [-0.05, 0) is 6.08 Å². The molecule has 0 saturated carbocycles. The van der Waals surface area contributed by atoms with Crippen molar-refractivity contribution in [2.45, 2.75) is 12.8 Å². The second kappa shape index (κ2) is 2.50. The Morgan fingerprint density at radius 2 is 2.50 bits per heavy atom. The van der Waals surface area contributed by atoms with Crippen LogP contribution in [0.1, 0.15) is 12.8 Å². The highest BCUT2D eigenvalue weighted by atomic mass is 16.5. The van der Waals surface area contributed by atoms with Gasteiger partial charge >= 0.3 is 0 Å². The summed E-state index contributed by atoms with van der Waals surface area (Å²) in [6, 6.07) is 0. The summed E-state index contributed by atoms with van der Waals surface area (Å²) in [7, 11) is 0. The largest absolute Gasteiger partial charge is 0.501 e. The lowest BCUT2D eigenvalue weighted by Gasteiger charge is -1.90. The highest BCUT2D eigenvalue weighted by molar-refractivity contribution is 5.80. The first kappa shape index (κ1) is 5.35. The minimum atomic E-state index is 0.263. The van der Waals surface area contributed by atoms with E-state index in [-0.39, 0.29) is 5.78 Å². The van der Waals surface area contributed by atoms with Gasteiger partial charge in [-0.15, -0.1) is 0 Å². The molecule has 0 aromatic carbocycles. The molecule has 44 valence electrons. The van der Waals surface area contributed by atoms with Gasteiger partial charge in [-0.25, -0.2) is 0 Å². The zero-order valence-electron chi connectivity index (χ0n) is 4.59. The summed E-state index contributed by atoms with van der Waals surface area (Å²) in [5.74, 6) is 0.263. The quantitative estimate of drug-likeness (QED) is 0.465. The standard InChI is InChI=1S/C6H8O2/c7-6-2-1-4-8-5-3-6/h1,4H,2-3,5H2. The van der Waals surface area contributed by atoms with Crippen molar-refractivity contribution in [3.63, 3.8) is 0 Å². The maximum Gasteiger partial charge on any atom is 0.140 e. The number of carbonyl (C=O) groups is 1. The lowest BCUT2D eigenvalue weighted by Crippen LogP contribution is -1.96. The van der Waals surface area contributed by atoms with E-state index in [0.29, 0.717) is 19.4 Å². The maximum absolute atomic E-state index is 10.6. The van der Waals surface area contributed by atoms with Crippen LogP contribution in [0.15, 0.2) is 12.3 Å². The Bertz CT molecular complexity index is 116. The molecule has 0 unspecified atom stereocenters. The van der Waals surface area contributed by atoms with E-state index in [2.05, 4.69) is 0 Å². The summed E-state index contributed by atoms with van der Waals surface area (Å²) in [6.45, 7) is 0.551. The van der Waals surface area contributed by atoms with Crippen LogP contribution in [-0.2, 0) is 9.53 Å². The number of Topliss-reactive ketones (excluding diaryl/α,β-unsaturated/α-hetero) is 1. The first-order valence-corrected chi connectivity index (χ1v) is 2.68. The maximum atomic E-state index is 10.6. The van der Waals surface area contributed by atoms with Crippen LogP contribution in [0.4, 0.5) is 0 Å². The van der Waals surface area contributed by atoms with Crippen molar-refractivity contribution in [1.29, 1.82) is 0 Å². The van der Waals surface area contributed by atoms with E-state index in [1.54, 1.807) is 12.3 Å². The van der Waals surface area contributed by atoms with Gasteiger partial charge in [-0.3, -0.25) is 4.79 Å². The van der Waals surface area contributed by atoms with Crippen molar-refractivity contribution in [3.8, 4) is 0 Å². The number of hydrogen-bond acceptors (Lipinski definition) is 2. The summed E-state index contributed by atoms with van der Waals surface area (Å²) >= 11 is 0. The molecule has 8 heavy (non-hydrogen) atoms. The Hall–Kier alpha value is -0.790. The zero-order valence-corrected chi connectivity index (χ0v) is 4.59. The summed E-state index contributed by atoms with van der Waals surface area (Å²) in [6.07, 6.45) is 4.44. The number of hydrogen-bond donors (Lipinski definition) is 0. The van der Waals surface area contributed by atoms with E-state index in [9.17, 15) is 4.79 Å². The molecule has 0 amide bonds. The fourth-order valence-electron chi connectivity index (χ4n) is 0.590. The first-order valence-electron chi connectivity index (χ1n) is 2.68. The van der Waals surface area contributed by atoms with Crippen molar-refractivity contribution >= 4 is 5.78 Å². The second-order valence-electron chi connectivity index (χ2n) is 1.74. The normalized spacial score (nSPS) is 19.8. The molecule has 0 saturated heterocycles. The number of ether oxygens (including phenoxy) is 1. The van der Waals surface area contributed by atoms with Crippen molar-refractivity contribution in [2.24, 2.45) is 0 Å². The smallest absolute Gasteiger partial charge is 0.140 e. The second-order valence-corrected chi connectivity index (χ2v) is 1.74. The van der Waals surface area contributed by atoms with Crippen LogP contribution in [-0.4, -0.2) is 12.4 Å². The van der Waals surface area contributed by atoms with Gasteiger partial charge in [-0.1, -0.05) is 0 Å². The molecule has 0 atom stereocenters. The average Bonchev–Trinajstić information content (AvgIpc) is 1.94. The third kappa shape index (κ3) is 1.37. The van der Waals surface area contributed by atoms with E-state index in [0.717, 1.165) is 0 Å². The molecule has 0 aromatic rings. The minimum absolute atomic E-state index is 0.263. The molecule has 1 rings (SSSR count). The Balaban J connectivity index is 2.41. The molecule has 2 nitrogen and oxygen atoms in total. The SMILES string of the molecule is O=C1CC=COCC1. The van der Waals surface area contributed by atoms with Gasteiger partial charge < -0.3 is 4.74 Å². The van der Waals surface area contributed by atoms with Crippen LogP contribution in [0.5, 0.6) is 0 Å². The first-order chi connectivity index (χ1) is 3.89. The molecule has 0 spiro atoms. The molecular formula is C6H8O2. The Morgan fingerprint density at radius 1 is 1.62 bits per heavy atom. The predicted molar refractivity (Wildman–Crippen MR) is 29.3 cm³/mol. The molecular weight excluding hydrogens is 104 g/mol. The van der Waals surface area contributed by atoms with E-state index in [1.807, 2.05) is 0 Å². The average molecular weight is 112 g/mol. The van der Waals surface area contributed by atoms with Gasteiger partial charge in [-0.2, -0.15) is 0 Å². The lowest BCUT2D eigenvalue weighted by molar-refractivity contribution is -0.118. The Morgan fingerprint density at radius 3 is 3.38 bits per heavy atom. The highest BCUT2D eigenvalue weighted by Gasteiger charge is 2.00. The van der Waals surface area contributed by atoms with Gasteiger partial charge in [0.15, 0.2) is 0 Å². The van der Waals surface area contributed by atoms with E-state index in [1.165, 1.54) is 0 Å². The predicted octanol–water partition coefficient (Wildman–Crippen LogP) is 0.880. The minimum Gasteiger partial charge on any atom is -0.501 e. The molecule has 1 heterocycles. The van der Waals surface area contributed by atoms with Gasteiger partial charge in [0.25, 0.3) is 0 Å². The molecule has 0 bridgehead atoms. The molecule has 1 aliphatic rings. The summed E-state index contributed by atoms with van der Waals surface area (Å²) in [5.41, 5.74) is 0. The summed E-state index contributed by atoms with van der Waals surface area (Å²) < 4.78 is 4.86. The number of carbonyl (C=O) groups excluding carboxylic acids is 1. The van der Waals surface area contributed by atoms with E-state index < -0.39 is 0 Å². The van der Waals surface area contributed by atoms with Crippen LogP contribution >= 0.6 is 0 Å². The Labute approximate surface area is 48.1 Å². The number of allylic oxidation sites excluding steroid dienone is 1. The van der Waals surface area contributed by atoms with Crippen LogP contribution < -0.4 is 0 Å². The molecule has 0 N–H and O–H groups in total. The van der Waals surface area contributed by atoms with Crippen molar-refractivity contribution in [2.75, 3.05) is 6.61 Å². The summed E-state index contributed by atoms with van der Waals surface area (Å²) in [4.78, 5) is 10.6. The molecule has 0 aliphatic carbocycles. The number of ketones is 1. The molecule has 1 aliphatic heterocycles. The molecule has 0 aromatic heterocycles. The fraction of sp³-hybridized carbons (Fsp3) is 0.500. The van der Waals surface area contributed by atoms with Crippen LogP contribution in [0.25, 0.3) is 0 Å². The zero-order chi connectivity index (χ0) is 5.82. The van der Waals surface area contributed by atoms with Gasteiger partial charge in [0.1, 0.15) is 5.78 Å². The fourth-order valence-corrected chi connectivity index (χ4v) is 0.590. The van der Waals surface area contributed by atoms with E-state index >= 15 is 0 Å².